The zero-order chi connectivity index (χ0) is 24.6. The summed E-state index contributed by atoms with van der Waals surface area (Å²) >= 11 is 0. The van der Waals surface area contributed by atoms with Gasteiger partial charge in [-0.25, -0.2) is 0 Å². The van der Waals surface area contributed by atoms with Crippen LogP contribution in [0.15, 0.2) is 0 Å². The van der Waals surface area contributed by atoms with Gasteiger partial charge in [0.15, 0.2) is 0 Å². The van der Waals surface area contributed by atoms with Crippen molar-refractivity contribution in [3.63, 3.8) is 0 Å². The van der Waals surface area contributed by atoms with Crippen LogP contribution in [0.4, 0.5) is 0 Å². The lowest BCUT2D eigenvalue weighted by molar-refractivity contribution is -0.0263. The zero-order valence-corrected chi connectivity index (χ0v) is 20.7. The Balaban J connectivity index is 3.00. The van der Waals surface area contributed by atoms with E-state index >= 15 is 0 Å². The fourth-order valence-electron chi connectivity index (χ4n) is 2.16. The molecule has 0 rings (SSSR count). The second kappa shape index (κ2) is 32.0. The van der Waals surface area contributed by atoms with E-state index in [-0.39, 0.29) is 0 Å². The molecule has 0 heterocycles. The molecule has 0 bridgehead atoms. The lowest BCUT2D eigenvalue weighted by atomic mass is 10.6. The summed E-state index contributed by atoms with van der Waals surface area (Å²) in [5, 5.41) is 0. The van der Waals surface area contributed by atoms with Crippen LogP contribution in [0.2, 0.25) is 0 Å². The first kappa shape index (κ1) is 33.0. The third-order valence-corrected chi connectivity index (χ3v) is 3.82. The molecule has 34 heavy (non-hydrogen) atoms. The van der Waals surface area contributed by atoms with Crippen molar-refractivity contribution in [2.24, 2.45) is 0 Å². The molecule has 11 heteroatoms. The van der Waals surface area contributed by atoms with Gasteiger partial charge in [0.25, 0.3) is 0 Å². The second-order valence-electron chi connectivity index (χ2n) is 6.47. The highest BCUT2D eigenvalue weighted by Crippen LogP contribution is 1.86. The fraction of sp³-hybridized carbons (Fsp3) is 0.913. The predicted molar refractivity (Wildman–Crippen MR) is 124 cm³/mol. The van der Waals surface area contributed by atoms with Crippen LogP contribution >= 0.6 is 0 Å². The van der Waals surface area contributed by atoms with Gasteiger partial charge < -0.3 is 52.1 Å². The van der Waals surface area contributed by atoms with Crippen LogP contribution in [0.5, 0.6) is 0 Å². The summed E-state index contributed by atoms with van der Waals surface area (Å²) in [4.78, 5) is 0. The van der Waals surface area contributed by atoms with Crippen LogP contribution in [0.25, 0.3) is 0 Å². The van der Waals surface area contributed by atoms with Crippen molar-refractivity contribution in [1.82, 2.24) is 0 Å². The van der Waals surface area contributed by atoms with E-state index in [1.807, 2.05) is 0 Å². The number of hydrogen-bond donors (Lipinski definition) is 0. The Bertz CT molecular complexity index is 407. The van der Waals surface area contributed by atoms with E-state index in [0.717, 1.165) is 0 Å². The van der Waals surface area contributed by atoms with Crippen LogP contribution < -0.4 is 0 Å². The molecule has 0 saturated heterocycles. The number of hydrogen-bond acceptors (Lipinski definition) is 11. The molecule has 0 aliphatic heterocycles. The van der Waals surface area contributed by atoms with Crippen molar-refractivity contribution in [1.29, 1.82) is 0 Å². The molecular formula is C23H44O11. The molecule has 0 aromatic carbocycles. The van der Waals surface area contributed by atoms with E-state index < -0.39 is 0 Å². The molecule has 0 spiro atoms. The van der Waals surface area contributed by atoms with Crippen LogP contribution in [0.3, 0.4) is 0 Å². The summed E-state index contributed by atoms with van der Waals surface area (Å²) in [6.45, 7) is 10.4. The maximum absolute atomic E-state index is 5.43. The summed E-state index contributed by atoms with van der Waals surface area (Å²) in [7, 11) is 1.64. The monoisotopic (exact) mass is 496 g/mol. The van der Waals surface area contributed by atoms with Gasteiger partial charge in [-0.2, -0.15) is 0 Å². The Labute approximate surface area is 204 Å². The Morgan fingerprint density at radius 2 is 0.559 bits per heavy atom. The lowest BCUT2D eigenvalue weighted by Gasteiger charge is -2.08. The quantitative estimate of drug-likeness (QED) is 0.102. The largest absolute Gasteiger partial charge is 0.444 e. The highest BCUT2D eigenvalue weighted by Gasteiger charge is 1.95. The Morgan fingerprint density at radius 1 is 0.353 bits per heavy atom. The van der Waals surface area contributed by atoms with E-state index in [9.17, 15) is 0 Å². The van der Waals surface area contributed by atoms with Gasteiger partial charge in [0.2, 0.25) is 0 Å². The molecule has 0 aliphatic rings. The first-order chi connectivity index (χ1) is 16.9. The van der Waals surface area contributed by atoms with E-state index in [0.29, 0.717) is 132 Å². The van der Waals surface area contributed by atoms with Gasteiger partial charge in [0.05, 0.1) is 126 Å². The molecule has 0 aromatic heterocycles. The average Bonchev–Trinajstić information content (AvgIpc) is 2.85. The lowest BCUT2D eigenvalue weighted by Crippen LogP contribution is -2.15. The third-order valence-electron chi connectivity index (χ3n) is 3.82. The first-order valence-corrected chi connectivity index (χ1v) is 11.7. The van der Waals surface area contributed by atoms with Crippen molar-refractivity contribution in [2.45, 2.75) is 0 Å². The maximum atomic E-state index is 5.43. The van der Waals surface area contributed by atoms with Crippen molar-refractivity contribution in [2.75, 3.05) is 139 Å². The Morgan fingerprint density at radius 3 is 0.765 bits per heavy atom. The molecule has 202 valence electrons. The van der Waals surface area contributed by atoms with Crippen molar-refractivity contribution < 1.29 is 52.1 Å². The summed E-state index contributed by atoms with van der Waals surface area (Å²) in [5.74, 6) is 0. The minimum Gasteiger partial charge on any atom is -0.444 e. The topological polar surface area (TPSA) is 102 Å². The SMILES string of the molecule is C#COCCOCCOCCOCCOCCOCCOCCOCCOCCOCCOC. The highest BCUT2D eigenvalue weighted by molar-refractivity contribution is 4.67. The minimum atomic E-state index is 0.388. The normalized spacial score (nSPS) is 11.1. The first-order valence-electron chi connectivity index (χ1n) is 11.7. The fourth-order valence-corrected chi connectivity index (χ4v) is 2.16. The number of methoxy groups -OCH3 is 1. The smallest absolute Gasteiger partial charge is 0.123 e. The van der Waals surface area contributed by atoms with Gasteiger partial charge in [0.1, 0.15) is 12.7 Å². The van der Waals surface area contributed by atoms with Gasteiger partial charge in [-0.3, -0.25) is 0 Å². The van der Waals surface area contributed by atoms with Gasteiger partial charge in [-0.15, -0.1) is 0 Å². The van der Waals surface area contributed by atoms with E-state index in [2.05, 4.69) is 6.11 Å². The summed E-state index contributed by atoms with van der Waals surface area (Å²) in [5.41, 5.74) is 0. The Hall–Kier alpha value is -1.04. The highest BCUT2D eigenvalue weighted by atomic mass is 16.6. The van der Waals surface area contributed by atoms with E-state index in [4.69, 9.17) is 58.5 Å². The van der Waals surface area contributed by atoms with Gasteiger partial charge in [-0.05, 0) is 0 Å². The Kier molecular flexibility index (Phi) is 31.0. The second-order valence-corrected chi connectivity index (χ2v) is 6.47. The van der Waals surface area contributed by atoms with Gasteiger partial charge >= 0.3 is 0 Å². The van der Waals surface area contributed by atoms with Crippen molar-refractivity contribution >= 4 is 0 Å². The third kappa shape index (κ3) is 31.0. The molecule has 0 amide bonds. The number of rotatable bonds is 30. The molecule has 0 unspecified atom stereocenters. The number of terminal acetylenes is 1. The predicted octanol–water partition coefficient (Wildman–Crippen LogP) is 0.390. The average molecular weight is 497 g/mol. The van der Waals surface area contributed by atoms with Crippen LogP contribution in [-0.4, -0.2) is 139 Å². The standard InChI is InChI=1S/C23H44O11/c1-3-25-6-7-27-10-11-29-14-15-31-18-19-33-22-23-34-21-20-32-17-16-30-13-12-28-9-8-26-5-4-24-2/h1H,4-23H2,2H3. The molecular weight excluding hydrogens is 452 g/mol. The molecule has 0 saturated carbocycles. The maximum Gasteiger partial charge on any atom is 0.123 e. The van der Waals surface area contributed by atoms with Crippen LogP contribution in [-0.2, 0) is 52.1 Å². The number of ether oxygens (including phenoxy) is 11. The molecule has 0 radical (unpaired) electrons. The van der Waals surface area contributed by atoms with E-state index in [1.54, 1.807) is 7.11 Å². The molecule has 0 aliphatic carbocycles. The summed E-state index contributed by atoms with van der Waals surface area (Å²) in [6.07, 6.45) is 7.02. The van der Waals surface area contributed by atoms with Gasteiger partial charge in [0, 0.05) is 7.11 Å². The molecule has 0 atom stereocenters. The van der Waals surface area contributed by atoms with Crippen LogP contribution in [0.1, 0.15) is 0 Å². The summed E-state index contributed by atoms with van der Waals surface area (Å²) in [6, 6.07) is 0. The van der Waals surface area contributed by atoms with Gasteiger partial charge in [-0.1, -0.05) is 6.42 Å². The molecule has 11 nitrogen and oxygen atoms in total. The van der Waals surface area contributed by atoms with Crippen LogP contribution in [0, 0.1) is 12.5 Å². The summed E-state index contributed by atoms with van der Waals surface area (Å²) < 4.78 is 58.0. The molecule has 0 N–H and O–H groups in total. The van der Waals surface area contributed by atoms with E-state index in [1.165, 1.54) is 0 Å². The molecule has 0 fully saturated rings. The van der Waals surface area contributed by atoms with Crippen molar-refractivity contribution in [3.05, 3.63) is 0 Å². The zero-order valence-electron chi connectivity index (χ0n) is 20.7. The minimum absolute atomic E-state index is 0.388. The molecule has 0 aromatic rings. The van der Waals surface area contributed by atoms with Crippen molar-refractivity contribution in [3.8, 4) is 12.5 Å².